The van der Waals surface area contributed by atoms with E-state index in [4.69, 9.17) is 15.3 Å². The van der Waals surface area contributed by atoms with Crippen LogP contribution < -0.4 is 0 Å². The van der Waals surface area contributed by atoms with Crippen LogP contribution >= 0.6 is 0 Å². The summed E-state index contributed by atoms with van der Waals surface area (Å²) in [5, 5.41) is 21.7. The minimum absolute atomic E-state index is 0.976. The maximum absolute atomic E-state index is 4.86. The van der Waals surface area contributed by atoms with Crippen LogP contribution in [0.5, 0.6) is 0 Å². The molecule has 19 aromatic rings. The predicted octanol–water partition coefficient (Wildman–Crippen LogP) is 22.9. The maximum atomic E-state index is 4.86. The van der Waals surface area contributed by atoms with Crippen molar-refractivity contribution < 1.29 is 0 Å². The molecule has 466 valence electrons. The molecule has 8 aromatic heterocycles. The van der Waals surface area contributed by atoms with Gasteiger partial charge in [-0.3, -0.25) is 9.97 Å². The van der Waals surface area contributed by atoms with Crippen LogP contribution in [0, 0.1) is 0 Å². The second kappa shape index (κ2) is 26.4. The summed E-state index contributed by atoms with van der Waals surface area (Å²) in [6.45, 7) is 0. The largest absolute Gasteiger partial charge is 0.256 e. The molecule has 0 bridgehead atoms. The average Bonchev–Trinajstić information content (AvgIpc) is 1.81. The van der Waals surface area contributed by atoms with E-state index in [2.05, 4.69) is 338 Å². The molecule has 0 saturated heterocycles. The van der Waals surface area contributed by atoms with Gasteiger partial charge < -0.3 is 0 Å². The van der Waals surface area contributed by atoms with E-state index < -0.39 is 0 Å². The highest BCUT2D eigenvalue weighted by atomic mass is 15.2. The van der Waals surface area contributed by atoms with Gasteiger partial charge in [-0.25, -0.2) is 13.5 Å². The second-order valence-electron chi connectivity index (χ2n) is 24.8. The normalized spacial score (nSPS) is 11.2. The van der Waals surface area contributed by atoms with Crippen molar-refractivity contribution in [1.29, 1.82) is 0 Å². The van der Waals surface area contributed by atoms with Gasteiger partial charge in [0.2, 0.25) is 0 Å². The third kappa shape index (κ3) is 12.6. The molecule has 8 nitrogen and oxygen atoms in total. The Morgan fingerprint density at radius 3 is 0.788 bits per heavy atom. The van der Waals surface area contributed by atoms with Gasteiger partial charge in [0.15, 0.2) is 0 Å². The van der Waals surface area contributed by atoms with Crippen LogP contribution in [-0.2, 0) is 0 Å². The van der Waals surface area contributed by atoms with Crippen LogP contribution in [-0.4, -0.2) is 38.8 Å². The fraction of sp³-hybridized carbons (Fsp3) is 0. The van der Waals surface area contributed by atoms with Crippen molar-refractivity contribution in [3.63, 3.8) is 0 Å². The topological polar surface area (TPSA) is 77.7 Å². The van der Waals surface area contributed by atoms with Gasteiger partial charge >= 0.3 is 0 Å². The maximum Gasteiger partial charge on any atom is 0.0933 e. The lowest BCUT2D eigenvalue weighted by molar-refractivity contribution is 0.974. The smallest absolute Gasteiger partial charge is 0.0933 e. The van der Waals surface area contributed by atoms with Gasteiger partial charge in [-0.05, 0) is 157 Å². The molecule has 8 heteroatoms. The Kier molecular flexibility index (Phi) is 15.8. The zero-order valence-electron chi connectivity index (χ0n) is 53.9. The number of hydrogen-bond donors (Lipinski definition) is 0. The number of hydrogen-bond acceptors (Lipinski definition) is 5. The number of rotatable bonds is 10. The molecular formula is C91H62N8. The monoisotopic (exact) mass is 1270 g/mol. The summed E-state index contributed by atoms with van der Waals surface area (Å²) in [6, 6.07) is 121. The summed E-state index contributed by atoms with van der Waals surface area (Å²) in [6.07, 6.45) is 9.93. The molecule has 0 radical (unpaired) electrons. The van der Waals surface area contributed by atoms with E-state index in [1.807, 2.05) is 62.3 Å². The van der Waals surface area contributed by atoms with Crippen LogP contribution in [0.1, 0.15) is 0 Å². The molecule has 0 aliphatic heterocycles. The van der Waals surface area contributed by atoms with Crippen LogP contribution in [0.4, 0.5) is 0 Å². The van der Waals surface area contributed by atoms with Gasteiger partial charge in [0.1, 0.15) is 0 Å². The van der Waals surface area contributed by atoms with Crippen LogP contribution in [0.25, 0.3) is 161 Å². The number of nitrogens with zero attached hydrogens (tertiary/aromatic N) is 8. The van der Waals surface area contributed by atoms with Gasteiger partial charge in [-0.2, -0.15) is 15.3 Å². The first-order valence-corrected chi connectivity index (χ1v) is 33.2. The highest BCUT2D eigenvalue weighted by Gasteiger charge is 2.14. The van der Waals surface area contributed by atoms with E-state index in [9.17, 15) is 0 Å². The molecule has 0 N–H and O–H groups in total. The minimum Gasteiger partial charge on any atom is -0.256 e. The first-order chi connectivity index (χ1) is 49.0. The summed E-state index contributed by atoms with van der Waals surface area (Å²) in [4.78, 5) is 8.89. The van der Waals surface area contributed by atoms with Gasteiger partial charge in [0.05, 0.1) is 45.0 Å². The second-order valence-corrected chi connectivity index (χ2v) is 24.8. The van der Waals surface area contributed by atoms with Crippen molar-refractivity contribution in [2.45, 2.75) is 0 Å². The SMILES string of the molecule is c1ccc(-c2cc(-c3ccccc3)cc(-c3ccc(-c4cc5cc6ccccc6cn5n4)cc3)c2)cc1.c1ccc(-c2ccc(-c3ccc(-c4cc5cc6ccccc6cn5n4)cc3)cc2)nc1.c1ccc(-c2cccc(-c3ccc(-c4cc5cc6ccccc6cn5n4)cc3)c2)nc1. The zero-order valence-corrected chi connectivity index (χ0v) is 53.9. The molecule has 11 aromatic carbocycles. The first-order valence-electron chi connectivity index (χ1n) is 33.2. The van der Waals surface area contributed by atoms with Crippen LogP contribution in [0.15, 0.2) is 377 Å². The van der Waals surface area contributed by atoms with Gasteiger partial charge in [0, 0.05) is 75.0 Å². The number of benzene rings is 11. The van der Waals surface area contributed by atoms with Crippen LogP contribution in [0.3, 0.4) is 0 Å². The summed E-state index contributed by atoms with van der Waals surface area (Å²) < 4.78 is 5.89. The summed E-state index contributed by atoms with van der Waals surface area (Å²) >= 11 is 0. The fourth-order valence-electron chi connectivity index (χ4n) is 13.1. The van der Waals surface area contributed by atoms with Gasteiger partial charge in [-0.1, -0.05) is 261 Å². The van der Waals surface area contributed by atoms with E-state index in [0.717, 1.165) is 72.8 Å². The molecule has 0 aliphatic rings. The molecular weight excluding hydrogens is 1210 g/mol. The molecule has 19 rings (SSSR count). The third-order valence-electron chi connectivity index (χ3n) is 18.3. The van der Waals surface area contributed by atoms with Crippen molar-refractivity contribution in [1.82, 2.24) is 38.8 Å². The quantitative estimate of drug-likeness (QED) is 0.136. The molecule has 8 heterocycles. The van der Waals surface area contributed by atoms with E-state index in [0.29, 0.717) is 0 Å². The molecule has 0 aliphatic carbocycles. The Morgan fingerprint density at radius 1 is 0.162 bits per heavy atom. The van der Waals surface area contributed by atoms with Gasteiger partial charge in [-0.15, -0.1) is 0 Å². The average molecular weight is 1270 g/mol. The Balaban J connectivity index is 0.000000112. The molecule has 99 heavy (non-hydrogen) atoms. The highest BCUT2D eigenvalue weighted by Crippen LogP contribution is 2.36. The highest BCUT2D eigenvalue weighted by molar-refractivity contribution is 5.90. The lowest BCUT2D eigenvalue weighted by atomic mass is 9.93. The fourth-order valence-corrected chi connectivity index (χ4v) is 13.1. The van der Waals surface area contributed by atoms with E-state index in [1.165, 1.54) is 88.0 Å². The first kappa shape index (κ1) is 59.3. The lowest BCUT2D eigenvalue weighted by Crippen LogP contribution is -1.88. The van der Waals surface area contributed by atoms with E-state index in [-0.39, 0.29) is 0 Å². The van der Waals surface area contributed by atoms with Crippen LogP contribution in [0.2, 0.25) is 0 Å². The van der Waals surface area contributed by atoms with Crippen molar-refractivity contribution in [2.24, 2.45) is 0 Å². The number of fused-ring (bicyclic) bond motifs is 6. The summed E-state index contributed by atoms with van der Waals surface area (Å²) in [5.74, 6) is 0. The molecule has 0 amide bonds. The Labute approximate surface area is 573 Å². The molecule has 0 fully saturated rings. The van der Waals surface area contributed by atoms with Crippen molar-refractivity contribution in [3.8, 4) is 112 Å². The Bertz CT molecular complexity index is 5830. The Hall–Kier alpha value is -13.4. The molecule has 0 saturated carbocycles. The molecule has 0 unspecified atom stereocenters. The lowest BCUT2D eigenvalue weighted by Gasteiger charge is -2.11. The predicted molar refractivity (Wildman–Crippen MR) is 408 cm³/mol. The standard InChI is InChI=1S/C35H24N2.2C28H19N3/c1-3-9-25(10-4-1)31-19-32(26-11-5-2-6-12-26)21-33(20-31)27-15-17-28(18-16-27)35-23-34-22-29-13-7-8-14-30(29)24-37(34)36-35;1-2-7-25-19-31-26(17-23(25)6-1)18-28(30-31)21-13-11-20(12-14-21)22-8-5-9-24(16-22)27-10-3-4-15-29-27;1-2-6-25-19-31-26(17-24(25)5-1)18-28(30-31)23-14-10-21(11-15-23)20-8-12-22(13-9-20)27-7-3-4-16-29-27/h1-24H;2*1-19H. The minimum atomic E-state index is 0.976. The third-order valence-corrected chi connectivity index (χ3v) is 18.3. The summed E-state index contributed by atoms with van der Waals surface area (Å²) in [7, 11) is 0. The van der Waals surface area contributed by atoms with Crippen molar-refractivity contribution in [3.05, 3.63) is 377 Å². The molecule has 0 atom stereocenters. The van der Waals surface area contributed by atoms with Crippen molar-refractivity contribution >= 4 is 48.9 Å². The van der Waals surface area contributed by atoms with E-state index in [1.54, 1.807) is 0 Å². The zero-order chi connectivity index (χ0) is 65.9. The molecule has 0 spiro atoms. The summed E-state index contributed by atoms with van der Waals surface area (Å²) in [5.41, 5.74) is 25.8. The van der Waals surface area contributed by atoms with Crippen molar-refractivity contribution in [2.75, 3.05) is 0 Å². The number of aromatic nitrogens is 8. The Morgan fingerprint density at radius 2 is 0.424 bits per heavy atom. The van der Waals surface area contributed by atoms with Gasteiger partial charge in [0.25, 0.3) is 0 Å². The van der Waals surface area contributed by atoms with E-state index >= 15 is 0 Å². The number of pyridine rings is 5.